The molecule has 1 aromatic carbocycles. The molecular formula is C27H37FGeNOTi. The van der Waals surface area contributed by atoms with E-state index in [1.807, 2.05) is 0 Å². The number of rotatable bonds is 2. The molecule has 1 radical (unpaired) electrons. The maximum Gasteiger partial charge on any atom is 2.00 e. The Kier molecular flexibility index (Phi) is 9.65. The van der Waals surface area contributed by atoms with E-state index in [1.165, 1.54) is 16.7 Å². The Morgan fingerprint density at radius 3 is 1.97 bits per heavy atom. The summed E-state index contributed by atoms with van der Waals surface area (Å²) in [5.74, 6) is 3.14. The smallest absolute Gasteiger partial charge is 0.667 e. The van der Waals surface area contributed by atoms with Gasteiger partial charge in [0.25, 0.3) is 0 Å². The van der Waals surface area contributed by atoms with E-state index in [1.54, 1.807) is 4.40 Å². The van der Waals surface area contributed by atoms with Crippen LogP contribution in [0, 0.1) is 29.2 Å². The summed E-state index contributed by atoms with van der Waals surface area (Å²) in [6, 6.07) is 10.7. The molecule has 5 aliphatic carbocycles. The van der Waals surface area contributed by atoms with Crippen molar-refractivity contribution in [2.45, 2.75) is 77.6 Å². The fraction of sp³-hybridized carbons (Fsp3) is 0.593. The zero-order valence-electron chi connectivity index (χ0n) is 20.2. The second-order valence-electron chi connectivity index (χ2n) is 10.2. The third-order valence-electron chi connectivity index (χ3n) is 7.84. The first-order valence-electron chi connectivity index (χ1n) is 11.6. The van der Waals surface area contributed by atoms with Crippen LogP contribution in [0.15, 0.2) is 47.1 Å². The van der Waals surface area contributed by atoms with Crippen molar-refractivity contribution in [3.8, 4) is 0 Å². The van der Waals surface area contributed by atoms with Crippen molar-refractivity contribution in [2.24, 2.45) is 23.2 Å². The summed E-state index contributed by atoms with van der Waals surface area (Å²) in [5.41, 5.74) is 9.90. The Balaban J connectivity index is 0.000000177. The number of alkyl halides is 1. The van der Waals surface area contributed by atoms with E-state index in [9.17, 15) is 9.18 Å². The zero-order valence-corrected chi connectivity index (χ0v) is 24.2. The van der Waals surface area contributed by atoms with Crippen molar-refractivity contribution in [3.63, 3.8) is 0 Å². The van der Waals surface area contributed by atoms with Crippen LogP contribution in [0.4, 0.5) is 4.39 Å². The van der Waals surface area contributed by atoms with Crippen LogP contribution in [0.25, 0.3) is 5.73 Å². The predicted octanol–water partition coefficient (Wildman–Crippen LogP) is 6.39. The first-order valence-corrected chi connectivity index (χ1v) is 15.3. The van der Waals surface area contributed by atoms with Crippen molar-refractivity contribution in [3.05, 3.63) is 58.9 Å². The molecule has 1 N–H and O–H groups in total. The molecule has 3 unspecified atom stereocenters. The van der Waals surface area contributed by atoms with Gasteiger partial charge >= 0.3 is 77.6 Å². The number of benzene rings is 1. The Bertz CT molecular complexity index is 852. The van der Waals surface area contributed by atoms with E-state index >= 15 is 0 Å². The minimum Gasteiger partial charge on any atom is -0.667 e. The molecule has 6 rings (SSSR count). The maximum absolute atomic E-state index is 14.3. The summed E-state index contributed by atoms with van der Waals surface area (Å²) in [5, 5.41) is 0. The Hall–Kier alpha value is -0.643. The molecule has 0 saturated heterocycles. The van der Waals surface area contributed by atoms with Gasteiger partial charge in [-0.3, -0.25) is 6.08 Å². The number of allylic oxidation sites excluding steroid dienone is 4. The van der Waals surface area contributed by atoms with E-state index in [2.05, 4.69) is 69.9 Å². The Morgan fingerprint density at radius 2 is 1.66 bits per heavy atom. The molecule has 171 valence electrons. The van der Waals surface area contributed by atoms with Gasteiger partial charge in [0, 0.05) is 5.41 Å². The summed E-state index contributed by atoms with van der Waals surface area (Å²) in [6.07, 6.45) is 7.68. The van der Waals surface area contributed by atoms with Crippen molar-refractivity contribution >= 4 is 25.7 Å². The van der Waals surface area contributed by atoms with Gasteiger partial charge in [0.05, 0.1) is 5.91 Å². The van der Waals surface area contributed by atoms with Crippen LogP contribution >= 0.6 is 0 Å². The second kappa shape index (κ2) is 11.2. The number of nitrogens with one attached hydrogen (secondary N) is 1. The van der Waals surface area contributed by atoms with E-state index in [4.69, 9.17) is 5.73 Å². The third-order valence-corrected chi connectivity index (χ3v) is 10.0. The van der Waals surface area contributed by atoms with Gasteiger partial charge in [-0.15, -0.1) is 6.92 Å². The van der Waals surface area contributed by atoms with Crippen LogP contribution in [0.2, 0.25) is 5.76 Å². The topological polar surface area (TPSA) is 40.9 Å². The van der Waals surface area contributed by atoms with Gasteiger partial charge in [-0.05, 0) is 50.4 Å². The Morgan fingerprint density at radius 1 is 1.09 bits per heavy atom. The minimum absolute atomic E-state index is 0. The quantitative estimate of drug-likeness (QED) is 0.322. The molecule has 32 heavy (non-hydrogen) atoms. The number of hydrogen-bond donors (Lipinski definition) is 0. The van der Waals surface area contributed by atoms with E-state index in [0.717, 1.165) is 19.3 Å². The average Bonchev–Trinajstić information content (AvgIpc) is 2.93. The Labute approximate surface area is 215 Å². The van der Waals surface area contributed by atoms with Crippen molar-refractivity contribution in [2.75, 3.05) is 0 Å². The molecule has 4 saturated carbocycles. The van der Waals surface area contributed by atoms with Crippen LogP contribution in [-0.4, -0.2) is 27.0 Å². The molecule has 0 aromatic heterocycles. The molecule has 0 heterocycles. The first-order chi connectivity index (χ1) is 14.6. The van der Waals surface area contributed by atoms with Crippen LogP contribution in [0.5, 0.6) is 0 Å². The summed E-state index contributed by atoms with van der Waals surface area (Å²) >= 11 is -0.0398. The van der Waals surface area contributed by atoms with Crippen molar-refractivity contribution in [1.29, 1.82) is 0 Å². The van der Waals surface area contributed by atoms with Crippen LogP contribution < -0.4 is 4.40 Å². The monoisotopic (exact) mass is 532 g/mol. The molecule has 3 atom stereocenters. The van der Waals surface area contributed by atoms with Gasteiger partial charge in [-0.1, -0.05) is 26.7 Å². The van der Waals surface area contributed by atoms with Gasteiger partial charge in [0.15, 0.2) is 0 Å². The molecule has 1 aromatic rings. The standard InChI is InChI=1S/C11H16FNO.C9H13.C7H9Ge.Ti/c12-11-4-7-1-8(5-11)3-10(2-7,6-11)9(13)14;1-6-5-7(2)9(4)8(6)3;1-8-7-5-3-2-4-6-7;/h7-8H,1-6H2,(H2,13,14);6H,1-4H3;2-6,8H,1H3;/q;-1;;+2/p-1. The fourth-order valence-corrected chi connectivity index (χ4v) is 7.50. The molecule has 5 heteroatoms. The maximum atomic E-state index is 14.3. The van der Waals surface area contributed by atoms with Gasteiger partial charge in [0.1, 0.15) is 5.67 Å². The predicted molar refractivity (Wildman–Crippen MR) is 129 cm³/mol. The molecule has 1 amide bonds. The third kappa shape index (κ3) is 6.27. The first kappa shape index (κ1) is 27.6. The van der Waals surface area contributed by atoms with E-state index < -0.39 is 17.0 Å². The average molecular weight is 531 g/mol. The normalized spacial score (nSPS) is 33.9. The number of halogens is 1. The van der Waals surface area contributed by atoms with Crippen LogP contribution in [0.3, 0.4) is 0 Å². The molecule has 0 aliphatic heterocycles. The SMILES string of the molecule is CC1=[C-]C(C)C(C)=C1C.[CH3][GeH][c]1ccccc1.[NH-]C(=O)C12CC3CC(CC(F)(C3)C1)C2.[Ti+2]. The summed E-state index contributed by atoms with van der Waals surface area (Å²) < 4.78 is 15.8. The van der Waals surface area contributed by atoms with Gasteiger partial charge in [-0.2, -0.15) is 11.1 Å². The molecule has 2 nitrogen and oxygen atoms in total. The minimum atomic E-state index is -1.10. The van der Waals surface area contributed by atoms with Crippen LogP contribution in [-0.2, 0) is 26.5 Å². The second-order valence-corrected chi connectivity index (χ2v) is 12.8. The largest absolute Gasteiger partial charge is 2.00 e. The molecule has 0 spiro atoms. The number of amides is 1. The number of carbonyl (C=O) groups is 1. The fourth-order valence-electron chi connectivity index (χ4n) is 6.22. The molecule has 4 fully saturated rings. The van der Waals surface area contributed by atoms with Crippen molar-refractivity contribution < 1.29 is 30.9 Å². The van der Waals surface area contributed by atoms with Crippen LogP contribution in [0.1, 0.15) is 66.2 Å². The van der Waals surface area contributed by atoms with Gasteiger partial charge in [0.2, 0.25) is 0 Å². The number of hydrogen-bond acceptors (Lipinski definition) is 1. The summed E-state index contributed by atoms with van der Waals surface area (Å²) in [7, 11) is 0. The molecule has 5 aliphatic rings. The van der Waals surface area contributed by atoms with Crippen molar-refractivity contribution in [1.82, 2.24) is 0 Å². The van der Waals surface area contributed by atoms with Gasteiger partial charge in [-0.25, -0.2) is 9.96 Å². The molecular weight excluding hydrogens is 494 g/mol. The number of carbonyl (C=O) groups excluding carboxylic acids is 1. The van der Waals surface area contributed by atoms with E-state index in [0.29, 0.717) is 37.0 Å². The molecule has 4 bridgehead atoms. The summed E-state index contributed by atoms with van der Waals surface area (Å²) in [6.45, 7) is 8.67. The zero-order chi connectivity index (χ0) is 22.8. The summed E-state index contributed by atoms with van der Waals surface area (Å²) in [4.78, 5) is 11.3. The van der Waals surface area contributed by atoms with E-state index in [-0.39, 0.29) is 37.1 Å². The van der Waals surface area contributed by atoms with Gasteiger partial charge < -0.3 is 10.5 Å².